The summed E-state index contributed by atoms with van der Waals surface area (Å²) in [5, 5.41) is 13.9. The summed E-state index contributed by atoms with van der Waals surface area (Å²) in [5.41, 5.74) is 1.39. The molecule has 1 rings (SSSR count). The average Bonchev–Trinajstić information content (AvgIpc) is 2.70. The topological polar surface area (TPSA) is 23.5 Å². The summed E-state index contributed by atoms with van der Waals surface area (Å²) in [7, 11) is 2.08. The Hall–Kier alpha value is -0.380. The van der Waals surface area contributed by atoms with Gasteiger partial charge < -0.3 is 10.0 Å². The minimum atomic E-state index is -0.195. The van der Waals surface area contributed by atoms with Gasteiger partial charge in [0.2, 0.25) is 0 Å². The van der Waals surface area contributed by atoms with E-state index < -0.39 is 0 Å². The standard InChI is InChI=1S/C12H21NOS/c1-4-12(14)8-13(3)10(2)7-11-5-6-15-9-11/h5-6,9-10,12,14H,4,7-8H2,1-3H3. The molecule has 0 fully saturated rings. The van der Waals surface area contributed by atoms with Crippen molar-refractivity contribution in [2.45, 2.75) is 38.8 Å². The maximum Gasteiger partial charge on any atom is 0.0664 e. The van der Waals surface area contributed by atoms with Crippen molar-refractivity contribution in [2.75, 3.05) is 13.6 Å². The smallest absolute Gasteiger partial charge is 0.0664 e. The lowest BCUT2D eigenvalue weighted by Gasteiger charge is -2.26. The van der Waals surface area contributed by atoms with Crippen LogP contribution in [-0.4, -0.2) is 35.7 Å². The number of aliphatic hydroxyl groups is 1. The summed E-state index contributed by atoms with van der Waals surface area (Å²) < 4.78 is 0. The van der Waals surface area contributed by atoms with E-state index in [0.717, 1.165) is 19.4 Å². The first-order chi connectivity index (χ1) is 7.13. The molecule has 0 radical (unpaired) electrons. The van der Waals surface area contributed by atoms with Crippen LogP contribution in [0.25, 0.3) is 0 Å². The van der Waals surface area contributed by atoms with E-state index in [1.54, 1.807) is 11.3 Å². The van der Waals surface area contributed by atoms with Crippen molar-refractivity contribution in [3.8, 4) is 0 Å². The average molecular weight is 227 g/mol. The van der Waals surface area contributed by atoms with E-state index in [1.165, 1.54) is 5.56 Å². The summed E-state index contributed by atoms with van der Waals surface area (Å²) in [6, 6.07) is 2.66. The van der Waals surface area contributed by atoms with E-state index in [-0.39, 0.29) is 6.10 Å². The lowest BCUT2D eigenvalue weighted by Crippen LogP contribution is -2.36. The van der Waals surface area contributed by atoms with Crippen LogP contribution in [0.5, 0.6) is 0 Å². The zero-order chi connectivity index (χ0) is 11.3. The molecule has 0 saturated heterocycles. The Bertz CT molecular complexity index is 261. The van der Waals surface area contributed by atoms with Crippen molar-refractivity contribution in [3.63, 3.8) is 0 Å². The minimum Gasteiger partial charge on any atom is -0.392 e. The first kappa shape index (κ1) is 12.7. The third kappa shape index (κ3) is 4.33. The van der Waals surface area contributed by atoms with Crippen molar-refractivity contribution >= 4 is 11.3 Å². The summed E-state index contributed by atoms with van der Waals surface area (Å²) >= 11 is 1.74. The zero-order valence-electron chi connectivity index (χ0n) is 9.81. The van der Waals surface area contributed by atoms with E-state index in [1.807, 2.05) is 6.92 Å². The Balaban J connectivity index is 2.36. The van der Waals surface area contributed by atoms with E-state index in [4.69, 9.17) is 0 Å². The number of aliphatic hydroxyl groups excluding tert-OH is 1. The van der Waals surface area contributed by atoms with Gasteiger partial charge in [0.05, 0.1) is 6.10 Å². The van der Waals surface area contributed by atoms with E-state index >= 15 is 0 Å². The van der Waals surface area contributed by atoms with E-state index in [2.05, 4.69) is 35.7 Å². The third-order valence-electron chi connectivity index (χ3n) is 2.83. The molecule has 0 amide bonds. The highest BCUT2D eigenvalue weighted by molar-refractivity contribution is 7.07. The van der Waals surface area contributed by atoms with Crippen molar-refractivity contribution < 1.29 is 5.11 Å². The van der Waals surface area contributed by atoms with Gasteiger partial charge in [-0.05, 0) is 49.2 Å². The van der Waals surface area contributed by atoms with Crippen molar-refractivity contribution in [2.24, 2.45) is 0 Å². The summed E-state index contributed by atoms with van der Waals surface area (Å²) in [6.45, 7) is 4.99. The van der Waals surface area contributed by atoms with Gasteiger partial charge in [-0.15, -0.1) is 0 Å². The SMILES string of the molecule is CCC(O)CN(C)C(C)Cc1ccsc1. The molecule has 1 N–H and O–H groups in total. The third-order valence-corrected chi connectivity index (χ3v) is 3.57. The largest absolute Gasteiger partial charge is 0.392 e. The lowest BCUT2D eigenvalue weighted by molar-refractivity contribution is 0.105. The van der Waals surface area contributed by atoms with Crippen LogP contribution in [0.1, 0.15) is 25.8 Å². The predicted octanol–water partition coefficient (Wildman–Crippen LogP) is 2.38. The second kappa shape index (κ2) is 6.26. The molecule has 0 saturated carbocycles. The predicted molar refractivity (Wildman–Crippen MR) is 66.4 cm³/mol. The fraction of sp³-hybridized carbons (Fsp3) is 0.667. The number of likely N-dealkylation sites (N-methyl/N-ethyl adjacent to an activating group) is 1. The molecule has 3 heteroatoms. The van der Waals surface area contributed by atoms with E-state index in [0.29, 0.717) is 6.04 Å². The molecule has 0 aliphatic carbocycles. The molecular formula is C12H21NOS. The number of hydrogen-bond donors (Lipinski definition) is 1. The molecule has 0 bridgehead atoms. The Morgan fingerprint density at radius 2 is 2.27 bits per heavy atom. The number of nitrogens with zero attached hydrogens (tertiary/aromatic N) is 1. The van der Waals surface area contributed by atoms with Crippen LogP contribution in [-0.2, 0) is 6.42 Å². The zero-order valence-corrected chi connectivity index (χ0v) is 10.6. The number of thiophene rings is 1. The Morgan fingerprint density at radius 1 is 1.53 bits per heavy atom. The van der Waals surface area contributed by atoms with Crippen LogP contribution >= 0.6 is 11.3 Å². The summed E-state index contributed by atoms with van der Waals surface area (Å²) in [4.78, 5) is 2.23. The summed E-state index contributed by atoms with van der Waals surface area (Å²) in [6.07, 6.45) is 1.70. The van der Waals surface area contributed by atoms with Gasteiger partial charge >= 0.3 is 0 Å². The van der Waals surface area contributed by atoms with Gasteiger partial charge in [-0.3, -0.25) is 0 Å². The molecular weight excluding hydrogens is 206 g/mol. The molecule has 86 valence electrons. The molecule has 2 unspecified atom stereocenters. The van der Waals surface area contributed by atoms with Crippen molar-refractivity contribution in [3.05, 3.63) is 22.4 Å². The van der Waals surface area contributed by atoms with Gasteiger partial charge in [-0.2, -0.15) is 11.3 Å². The van der Waals surface area contributed by atoms with Gasteiger partial charge in [-0.25, -0.2) is 0 Å². The second-order valence-electron chi connectivity index (χ2n) is 4.19. The second-order valence-corrected chi connectivity index (χ2v) is 4.97. The number of hydrogen-bond acceptors (Lipinski definition) is 3. The first-order valence-electron chi connectivity index (χ1n) is 5.52. The monoisotopic (exact) mass is 227 g/mol. The molecule has 1 aromatic rings. The molecule has 2 atom stereocenters. The van der Waals surface area contributed by atoms with Crippen LogP contribution in [0.2, 0.25) is 0 Å². The molecule has 0 aliphatic rings. The summed E-state index contributed by atoms with van der Waals surface area (Å²) in [5.74, 6) is 0. The van der Waals surface area contributed by atoms with Crippen LogP contribution in [0.15, 0.2) is 16.8 Å². The maximum atomic E-state index is 9.56. The van der Waals surface area contributed by atoms with Gasteiger partial charge in [-0.1, -0.05) is 6.92 Å². The van der Waals surface area contributed by atoms with Crippen molar-refractivity contribution in [1.82, 2.24) is 4.90 Å². The fourth-order valence-electron chi connectivity index (χ4n) is 1.55. The fourth-order valence-corrected chi connectivity index (χ4v) is 2.23. The molecule has 1 aromatic heterocycles. The molecule has 2 nitrogen and oxygen atoms in total. The molecule has 0 aliphatic heterocycles. The Kier molecular flexibility index (Phi) is 5.29. The van der Waals surface area contributed by atoms with Crippen LogP contribution in [0.3, 0.4) is 0 Å². The van der Waals surface area contributed by atoms with Crippen molar-refractivity contribution in [1.29, 1.82) is 0 Å². The Labute approximate surface area is 96.5 Å². The Morgan fingerprint density at radius 3 is 2.80 bits per heavy atom. The normalized spacial score (nSPS) is 15.5. The highest BCUT2D eigenvalue weighted by Crippen LogP contribution is 2.11. The lowest BCUT2D eigenvalue weighted by atomic mass is 10.1. The molecule has 0 spiro atoms. The van der Waals surface area contributed by atoms with Crippen LogP contribution < -0.4 is 0 Å². The van der Waals surface area contributed by atoms with E-state index in [9.17, 15) is 5.11 Å². The highest BCUT2D eigenvalue weighted by atomic mass is 32.1. The quantitative estimate of drug-likeness (QED) is 0.806. The van der Waals surface area contributed by atoms with Gasteiger partial charge in [0.1, 0.15) is 0 Å². The van der Waals surface area contributed by atoms with Gasteiger partial charge in [0.25, 0.3) is 0 Å². The van der Waals surface area contributed by atoms with Crippen LogP contribution in [0, 0.1) is 0 Å². The van der Waals surface area contributed by atoms with Gasteiger partial charge in [0, 0.05) is 12.6 Å². The highest BCUT2D eigenvalue weighted by Gasteiger charge is 2.13. The van der Waals surface area contributed by atoms with Crippen LogP contribution in [0.4, 0.5) is 0 Å². The molecule has 0 aromatic carbocycles. The minimum absolute atomic E-state index is 0.195. The molecule has 1 heterocycles. The molecule has 15 heavy (non-hydrogen) atoms. The number of rotatable bonds is 6. The van der Waals surface area contributed by atoms with Gasteiger partial charge in [0.15, 0.2) is 0 Å². The maximum absolute atomic E-state index is 9.56. The first-order valence-corrected chi connectivity index (χ1v) is 6.47.